The van der Waals surface area contributed by atoms with Crippen LogP contribution in [0.15, 0.2) is 60.0 Å². The summed E-state index contributed by atoms with van der Waals surface area (Å²) >= 11 is 1.17. The number of halogens is 1. The number of rotatable bonds is 6. The molecule has 0 aliphatic rings. The molecule has 1 heterocycles. The summed E-state index contributed by atoms with van der Waals surface area (Å²) in [6.45, 7) is 0. The summed E-state index contributed by atoms with van der Waals surface area (Å²) in [5, 5.41) is 13.7. The number of carbonyl (C=O) groups excluding carboxylic acids is 1. The Balaban J connectivity index is 1.80. The van der Waals surface area contributed by atoms with E-state index in [2.05, 4.69) is 10.3 Å². The molecule has 132 valence electrons. The van der Waals surface area contributed by atoms with Gasteiger partial charge in [0.05, 0.1) is 18.2 Å². The van der Waals surface area contributed by atoms with Gasteiger partial charge in [0.15, 0.2) is 5.01 Å². The molecule has 5 nitrogen and oxygen atoms in total. The molecule has 1 atom stereocenters. The van der Waals surface area contributed by atoms with E-state index in [0.717, 1.165) is 5.56 Å². The lowest BCUT2D eigenvalue weighted by Gasteiger charge is -2.16. The first-order valence-corrected chi connectivity index (χ1v) is 8.70. The summed E-state index contributed by atoms with van der Waals surface area (Å²) in [7, 11) is 0. The van der Waals surface area contributed by atoms with Crippen LogP contribution in [0.4, 0.5) is 4.39 Å². The molecule has 7 heteroatoms. The van der Waals surface area contributed by atoms with E-state index in [9.17, 15) is 14.0 Å². The predicted molar refractivity (Wildman–Crippen MR) is 96.4 cm³/mol. The number of aromatic nitrogens is 1. The second kappa shape index (κ2) is 7.88. The molecular formula is C19H15FN2O3S. The van der Waals surface area contributed by atoms with Gasteiger partial charge in [-0.15, -0.1) is 11.3 Å². The molecule has 0 aliphatic carbocycles. The van der Waals surface area contributed by atoms with Gasteiger partial charge in [0.2, 0.25) is 0 Å². The first kappa shape index (κ1) is 17.8. The topological polar surface area (TPSA) is 79.3 Å². The fourth-order valence-corrected chi connectivity index (χ4v) is 3.22. The van der Waals surface area contributed by atoms with Gasteiger partial charge in [0.1, 0.15) is 5.82 Å². The van der Waals surface area contributed by atoms with Gasteiger partial charge in [0, 0.05) is 10.9 Å². The van der Waals surface area contributed by atoms with Crippen molar-refractivity contribution in [3.05, 3.63) is 76.4 Å². The van der Waals surface area contributed by atoms with Crippen LogP contribution >= 0.6 is 11.3 Å². The largest absolute Gasteiger partial charge is 0.481 e. The Morgan fingerprint density at radius 1 is 1.15 bits per heavy atom. The number of carboxylic acid groups (broad SMARTS) is 1. The maximum Gasteiger partial charge on any atom is 0.305 e. The normalized spacial score (nSPS) is 11.7. The number of thiazole rings is 1. The van der Waals surface area contributed by atoms with E-state index in [1.54, 1.807) is 11.4 Å². The van der Waals surface area contributed by atoms with E-state index in [1.165, 1.54) is 29.5 Å². The van der Waals surface area contributed by atoms with E-state index >= 15 is 0 Å². The second-order valence-corrected chi connectivity index (χ2v) is 6.44. The predicted octanol–water partition coefficient (Wildman–Crippen LogP) is 3.90. The molecule has 0 saturated heterocycles. The fraction of sp³-hybridized carbons (Fsp3) is 0.105. The molecule has 0 bridgehead atoms. The average molecular weight is 370 g/mol. The van der Waals surface area contributed by atoms with Gasteiger partial charge < -0.3 is 10.4 Å². The summed E-state index contributed by atoms with van der Waals surface area (Å²) in [5.74, 6) is -2.08. The van der Waals surface area contributed by atoms with Crippen molar-refractivity contribution in [2.24, 2.45) is 0 Å². The summed E-state index contributed by atoms with van der Waals surface area (Å²) < 4.78 is 13.4. The summed E-state index contributed by atoms with van der Waals surface area (Å²) in [4.78, 5) is 27.9. The summed E-state index contributed by atoms with van der Waals surface area (Å²) in [6, 6.07) is 14.1. The Labute approximate surface area is 153 Å². The minimum absolute atomic E-state index is 0.218. The fourth-order valence-electron chi connectivity index (χ4n) is 2.49. The molecule has 1 amide bonds. The van der Waals surface area contributed by atoms with E-state index in [0.29, 0.717) is 11.3 Å². The van der Waals surface area contributed by atoms with Crippen molar-refractivity contribution in [3.63, 3.8) is 0 Å². The van der Waals surface area contributed by atoms with Crippen molar-refractivity contribution in [1.29, 1.82) is 0 Å². The highest BCUT2D eigenvalue weighted by Gasteiger charge is 2.21. The van der Waals surface area contributed by atoms with Crippen LogP contribution in [-0.4, -0.2) is 22.0 Å². The van der Waals surface area contributed by atoms with E-state index < -0.39 is 23.7 Å². The molecule has 0 radical (unpaired) electrons. The zero-order chi connectivity index (χ0) is 18.5. The highest BCUT2D eigenvalue weighted by molar-refractivity contribution is 7.12. The molecule has 3 rings (SSSR count). The molecule has 2 N–H and O–H groups in total. The maximum atomic E-state index is 13.4. The number of nitrogens with one attached hydrogen (secondary N) is 1. The Bertz CT molecular complexity index is 927. The SMILES string of the molecule is O=C(O)C[C@H](NC(=O)c1nc(-c2ccccc2)cs1)c1cccc(F)c1. The van der Waals surface area contributed by atoms with Crippen LogP contribution in [0.2, 0.25) is 0 Å². The van der Waals surface area contributed by atoms with Gasteiger partial charge in [-0.1, -0.05) is 42.5 Å². The molecule has 2 aromatic carbocycles. The van der Waals surface area contributed by atoms with E-state index in [4.69, 9.17) is 5.11 Å². The number of carbonyl (C=O) groups is 2. The lowest BCUT2D eigenvalue weighted by molar-refractivity contribution is -0.137. The third-order valence-corrected chi connectivity index (χ3v) is 4.54. The highest BCUT2D eigenvalue weighted by atomic mass is 32.1. The Morgan fingerprint density at radius 2 is 1.92 bits per heavy atom. The number of hydrogen-bond acceptors (Lipinski definition) is 4. The van der Waals surface area contributed by atoms with Crippen LogP contribution in [0.1, 0.15) is 27.8 Å². The quantitative estimate of drug-likeness (QED) is 0.690. The third kappa shape index (κ3) is 4.31. The van der Waals surface area contributed by atoms with Gasteiger partial charge in [-0.05, 0) is 17.7 Å². The molecule has 0 saturated carbocycles. The van der Waals surface area contributed by atoms with Gasteiger partial charge in [-0.3, -0.25) is 9.59 Å². The minimum Gasteiger partial charge on any atom is -0.481 e. The maximum absolute atomic E-state index is 13.4. The number of benzene rings is 2. The monoisotopic (exact) mass is 370 g/mol. The third-order valence-electron chi connectivity index (χ3n) is 3.70. The number of nitrogens with zero attached hydrogens (tertiary/aromatic N) is 1. The summed E-state index contributed by atoms with van der Waals surface area (Å²) in [5.41, 5.74) is 1.94. The molecule has 0 spiro atoms. The van der Waals surface area contributed by atoms with Crippen LogP contribution in [0.25, 0.3) is 11.3 Å². The van der Waals surface area contributed by atoms with Crippen molar-refractivity contribution in [2.75, 3.05) is 0 Å². The molecule has 3 aromatic rings. The van der Waals surface area contributed by atoms with Gasteiger partial charge in [0.25, 0.3) is 5.91 Å². The molecule has 26 heavy (non-hydrogen) atoms. The first-order chi connectivity index (χ1) is 12.5. The van der Waals surface area contributed by atoms with Crippen molar-refractivity contribution in [2.45, 2.75) is 12.5 Å². The van der Waals surface area contributed by atoms with Crippen LogP contribution < -0.4 is 5.32 Å². The van der Waals surface area contributed by atoms with E-state index in [1.807, 2.05) is 30.3 Å². The van der Waals surface area contributed by atoms with E-state index in [-0.39, 0.29) is 11.4 Å². The smallest absolute Gasteiger partial charge is 0.305 e. The van der Waals surface area contributed by atoms with Crippen LogP contribution in [0, 0.1) is 5.82 Å². The van der Waals surface area contributed by atoms with Crippen molar-refractivity contribution < 1.29 is 19.1 Å². The van der Waals surface area contributed by atoms with Crippen molar-refractivity contribution in [1.82, 2.24) is 10.3 Å². The molecule has 1 aromatic heterocycles. The molecule has 0 fully saturated rings. The average Bonchev–Trinajstić information content (AvgIpc) is 3.12. The Morgan fingerprint density at radius 3 is 2.62 bits per heavy atom. The number of hydrogen-bond donors (Lipinski definition) is 2. The Hall–Kier alpha value is -3.06. The van der Waals surface area contributed by atoms with Crippen molar-refractivity contribution in [3.8, 4) is 11.3 Å². The van der Waals surface area contributed by atoms with Crippen LogP contribution in [-0.2, 0) is 4.79 Å². The van der Waals surface area contributed by atoms with Crippen LogP contribution in [0.3, 0.4) is 0 Å². The van der Waals surface area contributed by atoms with Crippen molar-refractivity contribution >= 4 is 23.2 Å². The Kier molecular flexibility index (Phi) is 5.38. The minimum atomic E-state index is -1.09. The lowest BCUT2D eigenvalue weighted by atomic mass is 10.0. The number of aliphatic carboxylic acids is 1. The lowest BCUT2D eigenvalue weighted by Crippen LogP contribution is -2.30. The number of carboxylic acids is 1. The molecular weight excluding hydrogens is 355 g/mol. The highest BCUT2D eigenvalue weighted by Crippen LogP contribution is 2.23. The van der Waals surface area contributed by atoms with Crippen LogP contribution in [0.5, 0.6) is 0 Å². The molecule has 0 aliphatic heterocycles. The van der Waals surface area contributed by atoms with Gasteiger partial charge in [-0.25, -0.2) is 9.37 Å². The molecule has 0 unspecified atom stereocenters. The second-order valence-electron chi connectivity index (χ2n) is 5.58. The standard InChI is InChI=1S/C19H15FN2O3S/c20-14-8-4-7-13(9-14)15(10-17(23)24)21-18(25)19-22-16(11-26-19)12-5-2-1-3-6-12/h1-9,11,15H,10H2,(H,21,25)(H,23,24)/t15-/m0/s1. The zero-order valence-electron chi connectivity index (χ0n) is 13.6. The number of amides is 1. The zero-order valence-corrected chi connectivity index (χ0v) is 14.4. The van der Waals surface area contributed by atoms with Gasteiger partial charge in [-0.2, -0.15) is 0 Å². The van der Waals surface area contributed by atoms with Gasteiger partial charge >= 0.3 is 5.97 Å². The first-order valence-electron chi connectivity index (χ1n) is 7.82. The summed E-state index contributed by atoms with van der Waals surface area (Å²) in [6.07, 6.45) is -0.355.